The molecule has 0 spiro atoms. The first-order valence-corrected chi connectivity index (χ1v) is 10.2. The highest BCUT2D eigenvalue weighted by Gasteiger charge is 2.28. The van der Waals surface area contributed by atoms with E-state index >= 15 is 0 Å². The molecule has 2 atom stereocenters. The van der Waals surface area contributed by atoms with E-state index in [1.54, 1.807) is 5.38 Å². The van der Waals surface area contributed by atoms with Crippen LogP contribution in [0.15, 0.2) is 5.38 Å². The van der Waals surface area contributed by atoms with Crippen molar-refractivity contribution >= 4 is 23.1 Å². The number of hydrogen-bond acceptors (Lipinski definition) is 5. The van der Waals surface area contributed by atoms with Crippen molar-refractivity contribution in [2.24, 2.45) is 23.7 Å². The predicted molar refractivity (Wildman–Crippen MR) is 103 cm³/mol. The minimum atomic E-state index is -0.375. The molecule has 4 nitrogen and oxygen atoms in total. The van der Waals surface area contributed by atoms with Gasteiger partial charge in [-0.1, -0.05) is 48.0 Å². The van der Waals surface area contributed by atoms with Gasteiger partial charge >= 0.3 is 5.97 Å². The average molecular weight is 368 g/mol. The summed E-state index contributed by atoms with van der Waals surface area (Å²) in [4.78, 5) is 28.6. The van der Waals surface area contributed by atoms with Crippen molar-refractivity contribution in [2.75, 3.05) is 0 Å². The molecule has 0 fully saturated rings. The van der Waals surface area contributed by atoms with Gasteiger partial charge in [-0.15, -0.1) is 11.3 Å². The molecule has 0 amide bonds. The fourth-order valence-corrected chi connectivity index (χ4v) is 4.17. The zero-order valence-electron chi connectivity index (χ0n) is 16.7. The summed E-state index contributed by atoms with van der Waals surface area (Å²) < 4.78 is 5.57. The number of ketones is 1. The molecule has 0 aliphatic rings. The van der Waals surface area contributed by atoms with Crippen LogP contribution in [-0.2, 0) is 9.53 Å². The molecule has 0 aliphatic heterocycles. The molecule has 0 saturated heterocycles. The maximum atomic E-state index is 12.5. The number of carbonyl (C=O) groups excluding carboxylic acids is 2. The summed E-state index contributed by atoms with van der Waals surface area (Å²) in [5.41, 5.74) is 0.503. The first kappa shape index (κ1) is 21.8. The van der Waals surface area contributed by atoms with E-state index in [1.165, 1.54) is 18.3 Å². The molecular weight excluding hydrogens is 334 g/mol. The van der Waals surface area contributed by atoms with Gasteiger partial charge in [0.25, 0.3) is 0 Å². The van der Waals surface area contributed by atoms with Crippen LogP contribution >= 0.6 is 11.3 Å². The Morgan fingerprint density at radius 2 is 1.76 bits per heavy atom. The maximum absolute atomic E-state index is 12.5. The molecule has 25 heavy (non-hydrogen) atoms. The summed E-state index contributed by atoms with van der Waals surface area (Å²) in [5.74, 6) is 1.15. The fourth-order valence-electron chi connectivity index (χ4n) is 3.33. The molecule has 1 rings (SSSR count). The molecule has 1 aromatic rings. The predicted octanol–water partition coefficient (Wildman–Crippen LogP) is 5.68. The Labute approximate surface area is 156 Å². The summed E-state index contributed by atoms with van der Waals surface area (Å²) >= 11 is 1.42. The van der Waals surface area contributed by atoms with E-state index in [4.69, 9.17) is 4.74 Å². The Balaban J connectivity index is 3.00. The molecule has 1 unspecified atom stereocenters. The van der Waals surface area contributed by atoms with Gasteiger partial charge in [-0.2, -0.15) is 0 Å². The highest BCUT2D eigenvalue weighted by molar-refractivity contribution is 7.09. The highest BCUT2D eigenvalue weighted by atomic mass is 32.1. The van der Waals surface area contributed by atoms with Crippen LogP contribution in [-0.4, -0.2) is 16.7 Å². The van der Waals surface area contributed by atoms with Gasteiger partial charge in [0.1, 0.15) is 10.7 Å². The van der Waals surface area contributed by atoms with Gasteiger partial charge in [-0.3, -0.25) is 9.59 Å². The number of nitrogens with zero attached hydrogens (tertiary/aromatic N) is 1. The summed E-state index contributed by atoms with van der Waals surface area (Å²) in [5, 5.41) is 2.54. The van der Waals surface area contributed by atoms with Crippen molar-refractivity contribution in [1.82, 2.24) is 4.98 Å². The molecule has 0 saturated carbocycles. The van der Waals surface area contributed by atoms with Crippen molar-refractivity contribution in [2.45, 2.75) is 73.8 Å². The topological polar surface area (TPSA) is 56.3 Å². The lowest BCUT2D eigenvalue weighted by Crippen LogP contribution is -2.21. The van der Waals surface area contributed by atoms with Gasteiger partial charge < -0.3 is 4.74 Å². The van der Waals surface area contributed by atoms with Gasteiger partial charge in [0.2, 0.25) is 0 Å². The van der Waals surface area contributed by atoms with Gasteiger partial charge in [0.15, 0.2) is 11.9 Å². The minimum Gasteiger partial charge on any atom is -0.455 e. The van der Waals surface area contributed by atoms with E-state index in [1.807, 2.05) is 6.92 Å². The first-order valence-electron chi connectivity index (χ1n) is 9.34. The zero-order chi connectivity index (χ0) is 19.1. The van der Waals surface area contributed by atoms with Gasteiger partial charge in [0, 0.05) is 18.2 Å². The second kappa shape index (κ2) is 10.0. The van der Waals surface area contributed by atoms with Crippen molar-refractivity contribution in [3.8, 4) is 0 Å². The van der Waals surface area contributed by atoms with E-state index in [0.717, 1.165) is 24.3 Å². The monoisotopic (exact) mass is 367 g/mol. The molecular formula is C20H33NO3S. The molecule has 0 radical (unpaired) electrons. The molecule has 1 aromatic heterocycles. The zero-order valence-corrected chi connectivity index (χ0v) is 17.5. The van der Waals surface area contributed by atoms with Crippen LogP contribution in [0, 0.1) is 23.7 Å². The van der Waals surface area contributed by atoms with Crippen LogP contribution in [0.25, 0.3) is 0 Å². The number of carbonyl (C=O) groups is 2. The second-order valence-corrected chi connectivity index (χ2v) is 8.50. The van der Waals surface area contributed by atoms with Crippen LogP contribution in [0.5, 0.6) is 0 Å². The lowest BCUT2D eigenvalue weighted by atomic mass is 9.81. The number of rotatable bonds is 10. The van der Waals surface area contributed by atoms with Crippen molar-refractivity contribution in [3.63, 3.8) is 0 Å². The molecule has 0 aliphatic carbocycles. The quantitative estimate of drug-likeness (QED) is 0.394. The van der Waals surface area contributed by atoms with Crippen LogP contribution in [0.4, 0.5) is 0 Å². The number of esters is 1. The Bertz CT molecular complexity index is 557. The van der Waals surface area contributed by atoms with Crippen LogP contribution in [0.2, 0.25) is 0 Å². The Kier molecular flexibility index (Phi) is 8.77. The lowest BCUT2D eigenvalue weighted by Gasteiger charge is -2.28. The van der Waals surface area contributed by atoms with Crippen LogP contribution in [0.3, 0.4) is 0 Å². The lowest BCUT2D eigenvalue weighted by molar-refractivity contribution is -0.148. The van der Waals surface area contributed by atoms with E-state index in [0.29, 0.717) is 23.4 Å². The number of aromatic nitrogens is 1. The third kappa shape index (κ3) is 6.53. The number of ether oxygens (including phenoxy) is 1. The third-order valence-corrected chi connectivity index (χ3v) is 5.66. The number of Topliss-reactive ketones (excluding diaryl/α,β-unsaturated/α-hetero) is 1. The van der Waals surface area contributed by atoms with Crippen molar-refractivity contribution in [1.29, 1.82) is 0 Å². The normalized spacial score (nSPS) is 14.2. The van der Waals surface area contributed by atoms with Gasteiger partial charge in [-0.25, -0.2) is 4.98 Å². The number of hydrogen-bond donors (Lipinski definition) is 0. The van der Waals surface area contributed by atoms with Gasteiger partial charge in [-0.05, 0) is 30.6 Å². The van der Waals surface area contributed by atoms with E-state index in [2.05, 4.69) is 39.6 Å². The molecule has 0 N–H and O–H groups in total. The second-order valence-electron chi connectivity index (χ2n) is 7.61. The van der Waals surface area contributed by atoms with Crippen molar-refractivity contribution in [3.05, 3.63) is 16.1 Å². The van der Waals surface area contributed by atoms with E-state index in [9.17, 15) is 9.59 Å². The SMILES string of the molecule is CCCC(C)C(=O)c1csc([C@@H](CC(C(C)C)C(C)C)OC(C)=O)n1. The Morgan fingerprint density at radius 1 is 1.16 bits per heavy atom. The van der Waals surface area contributed by atoms with Crippen molar-refractivity contribution < 1.29 is 14.3 Å². The third-order valence-electron chi connectivity index (χ3n) is 4.73. The molecule has 0 aromatic carbocycles. The largest absolute Gasteiger partial charge is 0.455 e. The van der Waals surface area contributed by atoms with Crippen LogP contribution in [0.1, 0.15) is 89.3 Å². The molecule has 5 heteroatoms. The maximum Gasteiger partial charge on any atom is 0.303 e. The van der Waals surface area contributed by atoms with E-state index in [-0.39, 0.29) is 23.8 Å². The average Bonchev–Trinajstić information content (AvgIpc) is 2.99. The smallest absolute Gasteiger partial charge is 0.303 e. The highest BCUT2D eigenvalue weighted by Crippen LogP contribution is 2.35. The standard InChI is InChI=1S/C20H33NO3S/c1-8-9-14(6)19(23)17-11-25-20(21-17)18(24-15(7)22)10-16(12(2)3)13(4)5/h11-14,16,18H,8-10H2,1-7H3/t14?,18-/m1/s1. The summed E-state index contributed by atoms with van der Waals surface area (Å²) in [6.07, 6.45) is 2.20. The van der Waals surface area contributed by atoms with Gasteiger partial charge in [0.05, 0.1) is 0 Å². The Morgan fingerprint density at radius 3 is 2.24 bits per heavy atom. The minimum absolute atomic E-state index is 0.0220. The fraction of sp³-hybridized carbons (Fsp3) is 0.750. The Hall–Kier alpha value is -1.23. The molecule has 1 heterocycles. The molecule has 0 bridgehead atoms. The first-order chi connectivity index (χ1) is 11.7. The van der Waals surface area contributed by atoms with Crippen LogP contribution < -0.4 is 0 Å². The number of thiazole rings is 1. The summed E-state index contributed by atoms with van der Waals surface area (Å²) in [6.45, 7) is 14.2. The summed E-state index contributed by atoms with van der Waals surface area (Å²) in [6, 6.07) is 0. The summed E-state index contributed by atoms with van der Waals surface area (Å²) in [7, 11) is 0. The van der Waals surface area contributed by atoms with E-state index < -0.39 is 0 Å². The molecule has 142 valence electrons.